The van der Waals surface area contributed by atoms with Crippen molar-refractivity contribution in [2.24, 2.45) is 4.99 Å². The van der Waals surface area contributed by atoms with Crippen molar-refractivity contribution in [2.75, 3.05) is 6.54 Å². The summed E-state index contributed by atoms with van der Waals surface area (Å²) in [5, 5.41) is 13.5. The van der Waals surface area contributed by atoms with Crippen LogP contribution in [0, 0.1) is 0 Å². The molecule has 7 heteroatoms. The van der Waals surface area contributed by atoms with Crippen LogP contribution in [-0.2, 0) is 13.1 Å². The Bertz CT molecular complexity index is 562. The van der Waals surface area contributed by atoms with Crippen molar-refractivity contribution in [1.82, 2.24) is 20.8 Å². The molecular formula is C14H21N5OS. The first-order chi connectivity index (χ1) is 10.2. The lowest BCUT2D eigenvalue weighted by molar-refractivity contribution is 0.412. The Morgan fingerprint density at radius 2 is 2.29 bits per heavy atom. The number of rotatable bonds is 6. The van der Waals surface area contributed by atoms with E-state index in [4.69, 9.17) is 4.52 Å². The molecule has 0 spiro atoms. The van der Waals surface area contributed by atoms with Crippen LogP contribution in [0.3, 0.4) is 0 Å². The zero-order valence-corrected chi connectivity index (χ0v) is 13.4. The lowest BCUT2D eigenvalue weighted by Gasteiger charge is -2.09. The molecule has 0 atom stereocenters. The zero-order valence-electron chi connectivity index (χ0n) is 12.6. The van der Waals surface area contributed by atoms with E-state index in [1.165, 1.54) is 0 Å². The molecule has 0 aliphatic carbocycles. The molecule has 2 rings (SSSR count). The van der Waals surface area contributed by atoms with Gasteiger partial charge in [-0.25, -0.2) is 9.98 Å². The number of guanidine groups is 1. The van der Waals surface area contributed by atoms with Crippen LogP contribution in [0.4, 0.5) is 0 Å². The van der Waals surface area contributed by atoms with Crippen molar-refractivity contribution in [2.45, 2.75) is 39.8 Å². The molecule has 0 aliphatic rings. The number of hydrogen-bond acceptors (Lipinski definition) is 5. The Morgan fingerprint density at radius 1 is 1.43 bits per heavy atom. The fourth-order valence-electron chi connectivity index (χ4n) is 1.65. The van der Waals surface area contributed by atoms with Crippen molar-refractivity contribution >= 4 is 17.3 Å². The van der Waals surface area contributed by atoms with Gasteiger partial charge in [-0.15, -0.1) is 11.3 Å². The van der Waals surface area contributed by atoms with E-state index in [9.17, 15) is 0 Å². The Balaban J connectivity index is 1.91. The van der Waals surface area contributed by atoms with Crippen molar-refractivity contribution < 1.29 is 4.52 Å². The van der Waals surface area contributed by atoms with Gasteiger partial charge in [0.05, 0.1) is 18.8 Å². The van der Waals surface area contributed by atoms with Gasteiger partial charge >= 0.3 is 0 Å². The van der Waals surface area contributed by atoms with Crippen molar-refractivity contribution in [1.29, 1.82) is 0 Å². The standard InChI is InChI=1S/C14H21N5OS/c1-4-15-14(16-7-11-5-6-20-19-11)17-8-13-18-12(9-21-13)10(2)3/h5-6,9-10H,4,7-8H2,1-3H3,(H2,15,16,17). The Morgan fingerprint density at radius 3 is 2.90 bits per heavy atom. The Hall–Kier alpha value is -1.89. The summed E-state index contributed by atoms with van der Waals surface area (Å²) in [7, 11) is 0. The third-order valence-electron chi connectivity index (χ3n) is 2.80. The molecule has 0 radical (unpaired) electrons. The molecule has 21 heavy (non-hydrogen) atoms. The second-order valence-electron chi connectivity index (χ2n) is 4.86. The van der Waals surface area contributed by atoms with E-state index in [2.05, 4.69) is 45.0 Å². The highest BCUT2D eigenvalue weighted by molar-refractivity contribution is 7.09. The van der Waals surface area contributed by atoms with Gasteiger partial charge in [0.25, 0.3) is 0 Å². The number of hydrogen-bond donors (Lipinski definition) is 2. The minimum Gasteiger partial charge on any atom is -0.364 e. The van der Waals surface area contributed by atoms with Crippen LogP contribution in [0.25, 0.3) is 0 Å². The normalized spacial score (nSPS) is 11.9. The smallest absolute Gasteiger partial charge is 0.191 e. The van der Waals surface area contributed by atoms with Gasteiger partial charge in [-0.05, 0) is 12.8 Å². The van der Waals surface area contributed by atoms with E-state index in [0.29, 0.717) is 19.0 Å². The summed E-state index contributed by atoms with van der Waals surface area (Å²) in [6, 6.07) is 1.81. The highest BCUT2D eigenvalue weighted by atomic mass is 32.1. The molecule has 2 heterocycles. The zero-order chi connectivity index (χ0) is 15.1. The quantitative estimate of drug-likeness (QED) is 0.633. The maximum Gasteiger partial charge on any atom is 0.191 e. The summed E-state index contributed by atoms with van der Waals surface area (Å²) in [6.07, 6.45) is 1.55. The van der Waals surface area contributed by atoms with Crippen LogP contribution in [-0.4, -0.2) is 22.6 Å². The summed E-state index contributed by atoms with van der Waals surface area (Å²) in [5.41, 5.74) is 1.95. The van der Waals surface area contributed by atoms with Gasteiger partial charge in [0.15, 0.2) is 5.96 Å². The average Bonchev–Trinajstić information content (AvgIpc) is 3.13. The highest BCUT2D eigenvalue weighted by Gasteiger charge is 2.06. The van der Waals surface area contributed by atoms with Crippen LogP contribution >= 0.6 is 11.3 Å². The predicted molar refractivity (Wildman–Crippen MR) is 84.4 cm³/mol. The fourth-order valence-corrected chi connectivity index (χ4v) is 2.55. The molecule has 0 saturated heterocycles. The summed E-state index contributed by atoms with van der Waals surface area (Å²) in [6.45, 7) is 8.29. The second kappa shape index (κ2) is 7.78. The average molecular weight is 307 g/mol. The van der Waals surface area contributed by atoms with Gasteiger partial charge in [0, 0.05) is 18.0 Å². The van der Waals surface area contributed by atoms with Gasteiger partial charge in [-0.2, -0.15) is 0 Å². The first-order valence-corrected chi connectivity index (χ1v) is 7.92. The molecular weight excluding hydrogens is 286 g/mol. The van der Waals surface area contributed by atoms with Crippen LogP contribution in [0.1, 0.15) is 43.1 Å². The van der Waals surface area contributed by atoms with Gasteiger partial charge in [0.2, 0.25) is 0 Å². The highest BCUT2D eigenvalue weighted by Crippen LogP contribution is 2.17. The minimum atomic E-state index is 0.462. The molecule has 0 bridgehead atoms. The minimum absolute atomic E-state index is 0.462. The molecule has 0 aliphatic heterocycles. The molecule has 0 unspecified atom stereocenters. The van der Waals surface area contributed by atoms with E-state index in [-0.39, 0.29) is 0 Å². The monoisotopic (exact) mass is 307 g/mol. The van der Waals surface area contributed by atoms with E-state index >= 15 is 0 Å². The van der Waals surface area contributed by atoms with E-state index in [1.807, 2.05) is 13.0 Å². The van der Waals surface area contributed by atoms with Crippen LogP contribution < -0.4 is 10.6 Å². The summed E-state index contributed by atoms with van der Waals surface area (Å²) < 4.78 is 4.79. The molecule has 2 N–H and O–H groups in total. The molecule has 2 aromatic rings. The number of aliphatic imine (C=N–C) groups is 1. The number of nitrogens with one attached hydrogen (secondary N) is 2. The molecule has 114 valence electrons. The molecule has 0 saturated carbocycles. The summed E-state index contributed by atoms with van der Waals surface area (Å²) in [5.74, 6) is 1.21. The van der Waals surface area contributed by atoms with E-state index in [0.717, 1.165) is 28.9 Å². The van der Waals surface area contributed by atoms with Crippen LogP contribution in [0.2, 0.25) is 0 Å². The van der Waals surface area contributed by atoms with Crippen molar-refractivity contribution in [3.63, 3.8) is 0 Å². The fraction of sp³-hybridized carbons (Fsp3) is 0.500. The van der Waals surface area contributed by atoms with E-state index in [1.54, 1.807) is 17.6 Å². The third kappa shape index (κ3) is 4.86. The molecule has 0 amide bonds. The second-order valence-corrected chi connectivity index (χ2v) is 5.80. The SMILES string of the molecule is CCNC(=NCc1ccon1)NCc1nc(C(C)C)cs1. The number of thiazole rings is 1. The van der Waals surface area contributed by atoms with Gasteiger partial charge < -0.3 is 15.2 Å². The summed E-state index contributed by atoms with van der Waals surface area (Å²) in [4.78, 5) is 9.06. The predicted octanol–water partition coefficient (Wildman–Crippen LogP) is 2.51. The van der Waals surface area contributed by atoms with Crippen molar-refractivity contribution in [3.05, 3.63) is 34.1 Å². The van der Waals surface area contributed by atoms with Crippen LogP contribution in [0.5, 0.6) is 0 Å². The topological polar surface area (TPSA) is 75.3 Å². The Kier molecular flexibility index (Phi) is 5.74. The molecule has 6 nitrogen and oxygen atoms in total. The first kappa shape index (κ1) is 15.5. The van der Waals surface area contributed by atoms with Crippen LogP contribution in [0.15, 0.2) is 27.2 Å². The third-order valence-corrected chi connectivity index (χ3v) is 3.67. The van der Waals surface area contributed by atoms with Gasteiger partial charge in [0.1, 0.15) is 17.0 Å². The number of aromatic nitrogens is 2. The molecule has 2 aromatic heterocycles. The van der Waals surface area contributed by atoms with Crippen molar-refractivity contribution in [3.8, 4) is 0 Å². The van der Waals surface area contributed by atoms with Gasteiger partial charge in [-0.3, -0.25) is 0 Å². The summed E-state index contributed by atoms with van der Waals surface area (Å²) >= 11 is 1.67. The maximum absolute atomic E-state index is 4.79. The van der Waals surface area contributed by atoms with Gasteiger partial charge in [-0.1, -0.05) is 19.0 Å². The molecule has 0 aromatic carbocycles. The molecule has 0 fully saturated rings. The number of nitrogens with zero attached hydrogens (tertiary/aromatic N) is 3. The maximum atomic E-state index is 4.79. The van der Waals surface area contributed by atoms with E-state index < -0.39 is 0 Å². The lowest BCUT2D eigenvalue weighted by Crippen LogP contribution is -2.36. The largest absolute Gasteiger partial charge is 0.364 e. The Labute approximate surface area is 128 Å². The lowest BCUT2D eigenvalue weighted by atomic mass is 10.2. The first-order valence-electron chi connectivity index (χ1n) is 7.04.